The van der Waals surface area contributed by atoms with E-state index in [0.29, 0.717) is 0 Å². The van der Waals surface area contributed by atoms with Crippen LogP contribution in [-0.2, 0) is 4.43 Å². The summed E-state index contributed by atoms with van der Waals surface area (Å²) in [6.07, 6.45) is 3.68. The van der Waals surface area contributed by atoms with Gasteiger partial charge in [0.25, 0.3) is 0 Å². The van der Waals surface area contributed by atoms with Gasteiger partial charge in [-0.05, 0) is 38.6 Å². The monoisotopic (exact) mass is 225 g/mol. The Balaban J connectivity index is 2.49. The number of aliphatic hydroxyl groups excluding tert-OH is 1. The number of allylic oxidation sites excluding steroid dienone is 2. The average molecular weight is 225 g/mol. The van der Waals surface area contributed by atoms with E-state index in [1.54, 1.807) is 0 Å². The van der Waals surface area contributed by atoms with Crippen LogP contribution in [0.2, 0.25) is 19.6 Å². The van der Waals surface area contributed by atoms with Crippen molar-refractivity contribution >= 4 is 8.32 Å². The molecule has 4 heteroatoms. The van der Waals surface area contributed by atoms with Crippen molar-refractivity contribution in [1.82, 2.24) is 0 Å². The molecule has 3 nitrogen and oxygen atoms in total. The van der Waals surface area contributed by atoms with E-state index in [1.807, 2.05) is 12.1 Å². The smallest absolute Gasteiger partial charge is 0.241 e. The largest absolute Gasteiger partial charge is 0.548 e. The van der Waals surface area contributed by atoms with Crippen molar-refractivity contribution in [1.29, 1.82) is 5.26 Å². The summed E-state index contributed by atoms with van der Waals surface area (Å²) in [5.74, 6) is 1.14. The van der Waals surface area contributed by atoms with Crippen molar-refractivity contribution in [2.75, 3.05) is 0 Å². The van der Waals surface area contributed by atoms with Crippen LogP contribution < -0.4 is 0 Å². The maximum Gasteiger partial charge on any atom is 0.241 e. The second kappa shape index (κ2) is 4.82. The lowest BCUT2D eigenvalue weighted by Crippen LogP contribution is -2.27. The zero-order chi connectivity index (χ0) is 11.5. The van der Waals surface area contributed by atoms with Crippen LogP contribution in [0, 0.1) is 17.2 Å². The first-order chi connectivity index (χ1) is 6.92. The quantitative estimate of drug-likeness (QED) is 0.593. The minimum absolute atomic E-state index is 0.0870. The molecule has 0 aromatic rings. The Bertz CT molecular complexity index is 288. The Hall–Kier alpha value is -0.793. The minimum atomic E-state index is -1.50. The van der Waals surface area contributed by atoms with Crippen LogP contribution in [0.1, 0.15) is 19.3 Å². The summed E-state index contributed by atoms with van der Waals surface area (Å²) in [7, 11) is -1.50. The predicted octanol–water partition coefficient (Wildman–Crippen LogP) is 2.41. The van der Waals surface area contributed by atoms with Crippen LogP contribution in [0.15, 0.2) is 11.8 Å². The Morgan fingerprint density at radius 1 is 1.60 bits per heavy atom. The fraction of sp³-hybridized carbons (Fsp3) is 0.727. The molecule has 0 saturated carbocycles. The molecule has 0 aliphatic heterocycles. The van der Waals surface area contributed by atoms with E-state index in [1.165, 1.54) is 0 Å². The number of rotatable bonds is 3. The van der Waals surface area contributed by atoms with E-state index in [-0.39, 0.29) is 5.92 Å². The molecule has 0 amide bonds. The van der Waals surface area contributed by atoms with Crippen molar-refractivity contribution in [3.05, 3.63) is 11.8 Å². The highest BCUT2D eigenvalue weighted by Gasteiger charge is 2.24. The van der Waals surface area contributed by atoms with Crippen molar-refractivity contribution in [2.24, 2.45) is 5.92 Å². The topological polar surface area (TPSA) is 53.2 Å². The molecule has 15 heavy (non-hydrogen) atoms. The zero-order valence-electron chi connectivity index (χ0n) is 9.66. The van der Waals surface area contributed by atoms with Gasteiger partial charge in [-0.25, -0.2) is 0 Å². The molecular formula is C11H19NO2Si. The summed E-state index contributed by atoms with van der Waals surface area (Å²) in [6.45, 7) is 6.47. The third kappa shape index (κ3) is 4.06. The number of aliphatic hydroxyl groups is 1. The molecule has 0 aromatic carbocycles. The lowest BCUT2D eigenvalue weighted by molar-refractivity contribution is 0.146. The molecule has 84 valence electrons. The molecule has 0 radical (unpaired) electrons. The van der Waals surface area contributed by atoms with Gasteiger partial charge in [0.2, 0.25) is 8.32 Å². The fourth-order valence-corrected chi connectivity index (χ4v) is 2.68. The van der Waals surface area contributed by atoms with Crippen LogP contribution in [0.4, 0.5) is 0 Å². The molecule has 1 rings (SSSR count). The van der Waals surface area contributed by atoms with Crippen LogP contribution in [0.3, 0.4) is 0 Å². The Kier molecular flexibility index (Phi) is 3.94. The summed E-state index contributed by atoms with van der Waals surface area (Å²) in [5.41, 5.74) is 0. The summed E-state index contributed by atoms with van der Waals surface area (Å²) in [5, 5.41) is 18.0. The van der Waals surface area contributed by atoms with E-state index >= 15 is 0 Å². The van der Waals surface area contributed by atoms with Gasteiger partial charge in [-0.2, -0.15) is 5.26 Å². The first kappa shape index (κ1) is 12.3. The summed E-state index contributed by atoms with van der Waals surface area (Å²) < 4.78 is 5.88. The number of hydrogen-bond acceptors (Lipinski definition) is 3. The Morgan fingerprint density at radius 3 is 2.67 bits per heavy atom. The molecule has 1 aliphatic carbocycles. The maximum absolute atomic E-state index is 9.38. The molecule has 0 spiro atoms. The molecule has 0 heterocycles. The van der Waals surface area contributed by atoms with Crippen LogP contribution >= 0.6 is 0 Å². The van der Waals surface area contributed by atoms with Gasteiger partial charge in [-0.1, -0.05) is 0 Å². The van der Waals surface area contributed by atoms with E-state index in [9.17, 15) is 5.11 Å². The first-order valence-electron chi connectivity index (χ1n) is 5.38. The Morgan fingerprint density at radius 2 is 2.27 bits per heavy atom. The van der Waals surface area contributed by atoms with E-state index in [4.69, 9.17) is 9.69 Å². The lowest BCUT2D eigenvalue weighted by atomic mass is 9.89. The molecular weight excluding hydrogens is 206 g/mol. The normalized spacial score (nSPS) is 23.9. The van der Waals surface area contributed by atoms with Gasteiger partial charge in [-0.15, -0.1) is 0 Å². The summed E-state index contributed by atoms with van der Waals surface area (Å²) >= 11 is 0. The SMILES string of the molecule is C[Si](C)(C)OC1=CC[C@H]([C@@H](O)C#N)CC1. The molecule has 1 N–H and O–H groups in total. The van der Waals surface area contributed by atoms with Crippen molar-refractivity contribution in [3.8, 4) is 6.07 Å². The molecule has 0 fully saturated rings. The van der Waals surface area contributed by atoms with Crippen LogP contribution in [-0.4, -0.2) is 19.5 Å². The van der Waals surface area contributed by atoms with Gasteiger partial charge in [0, 0.05) is 12.3 Å². The number of nitriles is 1. The van der Waals surface area contributed by atoms with E-state index in [2.05, 4.69) is 19.6 Å². The molecule has 1 aliphatic rings. The van der Waals surface area contributed by atoms with Crippen LogP contribution in [0.25, 0.3) is 0 Å². The van der Waals surface area contributed by atoms with Gasteiger partial charge in [0.1, 0.15) is 6.10 Å². The van der Waals surface area contributed by atoms with Crippen molar-refractivity contribution < 1.29 is 9.53 Å². The van der Waals surface area contributed by atoms with Gasteiger partial charge in [-0.3, -0.25) is 0 Å². The molecule has 2 atom stereocenters. The second-order valence-electron chi connectivity index (χ2n) is 4.99. The molecule has 0 saturated heterocycles. The third-order valence-corrected chi connectivity index (χ3v) is 3.30. The highest BCUT2D eigenvalue weighted by atomic mass is 28.4. The summed E-state index contributed by atoms with van der Waals surface area (Å²) in [4.78, 5) is 0. The van der Waals surface area contributed by atoms with E-state index in [0.717, 1.165) is 25.0 Å². The molecule has 0 bridgehead atoms. The zero-order valence-corrected chi connectivity index (χ0v) is 10.7. The van der Waals surface area contributed by atoms with Crippen molar-refractivity contribution in [2.45, 2.75) is 45.0 Å². The fourth-order valence-electron chi connectivity index (χ4n) is 1.71. The minimum Gasteiger partial charge on any atom is -0.548 e. The average Bonchev–Trinajstić information content (AvgIpc) is 2.15. The molecule has 0 aromatic heterocycles. The first-order valence-corrected chi connectivity index (χ1v) is 8.79. The van der Waals surface area contributed by atoms with Gasteiger partial charge >= 0.3 is 0 Å². The van der Waals surface area contributed by atoms with Gasteiger partial charge < -0.3 is 9.53 Å². The lowest BCUT2D eigenvalue weighted by Gasteiger charge is -2.27. The van der Waals surface area contributed by atoms with E-state index < -0.39 is 14.4 Å². The highest BCUT2D eigenvalue weighted by molar-refractivity contribution is 6.70. The van der Waals surface area contributed by atoms with Crippen LogP contribution in [0.5, 0.6) is 0 Å². The summed E-state index contributed by atoms with van der Waals surface area (Å²) in [6, 6.07) is 1.89. The van der Waals surface area contributed by atoms with Crippen molar-refractivity contribution in [3.63, 3.8) is 0 Å². The maximum atomic E-state index is 9.38. The standard InChI is InChI=1S/C11H19NO2Si/c1-15(2,3)14-10-6-4-9(5-7-10)11(13)8-12/h6,9,11,13H,4-5,7H2,1-3H3/t9-,11-/m0/s1. The predicted molar refractivity (Wildman–Crippen MR) is 61.5 cm³/mol. The van der Waals surface area contributed by atoms with Gasteiger partial charge in [0.05, 0.1) is 11.8 Å². The third-order valence-electron chi connectivity index (χ3n) is 2.43. The second-order valence-corrected chi connectivity index (χ2v) is 9.42. The highest BCUT2D eigenvalue weighted by Crippen LogP contribution is 2.28. The number of hydrogen-bond donors (Lipinski definition) is 1. The van der Waals surface area contributed by atoms with Gasteiger partial charge in [0.15, 0.2) is 0 Å². The number of nitrogens with zero attached hydrogens (tertiary/aromatic N) is 1. The molecule has 0 unspecified atom stereocenters. The Labute approximate surface area is 92.5 Å².